The first-order chi connectivity index (χ1) is 13.5. The second-order valence-electron chi connectivity index (χ2n) is 7.24. The lowest BCUT2D eigenvalue weighted by atomic mass is 9.93. The van der Waals surface area contributed by atoms with Gasteiger partial charge in [-0.25, -0.2) is 4.98 Å². The van der Waals surface area contributed by atoms with E-state index in [0.717, 1.165) is 17.0 Å². The number of carbonyl (C=O) groups excluding carboxylic acids is 1. The first-order valence-electron chi connectivity index (χ1n) is 9.36. The van der Waals surface area contributed by atoms with Gasteiger partial charge >= 0.3 is 0 Å². The summed E-state index contributed by atoms with van der Waals surface area (Å²) < 4.78 is 10.7. The van der Waals surface area contributed by atoms with Gasteiger partial charge in [-0.2, -0.15) is 4.98 Å². The molecule has 146 valence electrons. The smallest absolute Gasteiger partial charge is 0.271 e. The molecule has 1 aromatic carbocycles. The van der Waals surface area contributed by atoms with E-state index in [1.165, 1.54) is 0 Å². The Morgan fingerprint density at radius 1 is 1.29 bits per heavy atom. The molecule has 0 bridgehead atoms. The number of hydrogen-bond donors (Lipinski definition) is 2. The number of imidazole rings is 1. The average Bonchev–Trinajstić information content (AvgIpc) is 3.29. The summed E-state index contributed by atoms with van der Waals surface area (Å²) in [6.45, 7) is 4.52. The van der Waals surface area contributed by atoms with Crippen molar-refractivity contribution in [2.75, 3.05) is 13.7 Å². The van der Waals surface area contributed by atoms with Gasteiger partial charge < -0.3 is 19.6 Å². The molecule has 0 radical (unpaired) electrons. The van der Waals surface area contributed by atoms with Gasteiger partial charge in [-0.1, -0.05) is 37.2 Å². The van der Waals surface area contributed by atoms with E-state index < -0.39 is 0 Å². The number of hydrogen-bond acceptors (Lipinski definition) is 6. The molecule has 4 rings (SSSR count). The van der Waals surface area contributed by atoms with E-state index in [0.29, 0.717) is 42.6 Å². The molecule has 1 aliphatic rings. The highest BCUT2D eigenvalue weighted by Crippen LogP contribution is 2.30. The zero-order valence-electron chi connectivity index (χ0n) is 16.2. The number of amides is 1. The first-order valence-corrected chi connectivity index (χ1v) is 9.36. The molecule has 8 nitrogen and oxygen atoms in total. The van der Waals surface area contributed by atoms with Gasteiger partial charge in [0.25, 0.3) is 5.91 Å². The maximum atomic E-state index is 12.5. The number of H-pyrrole nitrogens is 1. The van der Waals surface area contributed by atoms with Crippen molar-refractivity contribution in [3.63, 3.8) is 0 Å². The fourth-order valence-corrected chi connectivity index (χ4v) is 3.45. The monoisotopic (exact) mass is 381 g/mol. The summed E-state index contributed by atoms with van der Waals surface area (Å²) in [6.07, 6.45) is 1.04. The minimum absolute atomic E-state index is 0.0902. The van der Waals surface area contributed by atoms with Crippen molar-refractivity contribution in [2.24, 2.45) is 0 Å². The van der Waals surface area contributed by atoms with E-state index >= 15 is 0 Å². The molecule has 3 aromatic rings. The Labute approximate surface area is 162 Å². The van der Waals surface area contributed by atoms with E-state index in [9.17, 15) is 4.79 Å². The predicted octanol–water partition coefficient (Wildman–Crippen LogP) is 2.59. The van der Waals surface area contributed by atoms with Crippen molar-refractivity contribution in [3.8, 4) is 5.75 Å². The Bertz CT molecular complexity index is 991. The molecule has 0 spiro atoms. The SMILES string of the molecule is COc1ccccc1[C@H]1CNC(=O)c2nc(Cc3noc(C(C)C)n3)[nH]c2C1. The van der Waals surface area contributed by atoms with Crippen LogP contribution < -0.4 is 10.1 Å². The molecule has 1 atom stereocenters. The highest BCUT2D eigenvalue weighted by molar-refractivity contribution is 5.94. The van der Waals surface area contributed by atoms with E-state index in [2.05, 4.69) is 25.4 Å². The predicted molar refractivity (Wildman–Crippen MR) is 102 cm³/mol. The zero-order valence-corrected chi connectivity index (χ0v) is 16.2. The second-order valence-corrected chi connectivity index (χ2v) is 7.24. The van der Waals surface area contributed by atoms with Crippen LogP contribution in [-0.2, 0) is 12.8 Å². The number of benzene rings is 1. The Morgan fingerprint density at radius 2 is 2.11 bits per heavy atom. The lowest BCUT2D eigenvalue weighted by Gasteiger charge is -2.17. The van der Waals surface area contributed by atoms with E-state index in [4.69, 9.17) is 9.26 Å². The van der Waals surface area contributed by atoms with Gasteiger partial charge in [0.2, 0.25) is 5.89 Å². The molecular weight excluding hydrogens is 358 g/mol. The molecule has 0 unspecified atom stereocenters. The molecule has 0 saturated carbocycles. The molecule has 1 amide bonds. The van der Waals surface area contributed by atoms with Crippen molar-refractivity contribution in [3.05, 3.63) is 58.8 Å². The van der Waals surface area contributed by atoms with Gasteiger partial charge in [0.1, 0.15) is 17.3 Å². The number of rotatable bonds is 5. The minimum atomic E-state index is -0.175. The standard InChI is InChI=1S/C20H23N5O3/c1-11(2)20-24-17(25-28-20)9-16-22-14-8-12(10-21-19(26)18(14)23-16)13-6-4-5-7-15(13)27-3/h4-7,11-12H,8-10H2,1-3H3,(H,21,26)(H,22,23)/t12-/m1/s1. The van der Waals surface area contributed by atoms with Crippen LogP contribution in [0.5, 0.6) is 5.75 Å². The van der Waals surface area contributed by atoms with Gasteiger partial charge in [0.15, 0.2) is 5.82 Å². The number of aromatic amines is 1. The molecule has 0 fully saturated rings. The summed E-state index contributed by atoms with van der Waals surface area (Å²) in [5, 5.41) is 6.97. The number of aromatic nitrogens is 4. The van der Waals surface area contributed by atoms with Gasteiger partial charge in [0.05, 0.1) is 13.5 Å². The van der Waals surface area contributed by atoms with E-state index in [1.54, 1.807) is 7.11 Å². The molecule has 2 aromatic heterocycles. The van der Waals surface area contributed by atoms with Crippen LogP contribution >= 0.6 is 0 Å². The van der Waals surface area contributed by atoms with Crippen LogP contribution in [0.1, 0.15) is 65.0 Å². The number of methoxy groups -OCH3 is 1. The van der Waals surface area contributed by atoms with Crippen LogP contribution in [0.4, 0.5) is 0 Å². The highest BCUT2D eigenvalue weighted by atomic mass is 16.5. The second kappa shape index (κ2) is 7.46. The number of fused-ring (bicyclic) bond motifs is 1. The fourth-order valence-electron chi connectivity index (χ4n) is 3.45. The third-order valence-corrected chi connectivity index (χ3v) is 4.88. The summed E-state index contributed by atoms with van der Waals surface area (Å²) in [5.74, 6) is 2.70. The topological polar surface area (TPSA) is 106 Å². The number of carbonyl (C=O) groups is 1. The first kappa shape index (κ1) is 18.2. The lowest BCUT2D eigenvalue weighted by Crippen LogP contribution is -2.26. The largest absolute Gasteiger partial charge is 0.496 e. The third kappa shape index (κ3) is 3.49. The molecular formula is C20H23N5O3. The number of ether oxygens (including phenoxy) is 1. The minimum Gasteiger partial charge on any atom is -0.496 e. The van der Waals surface area contributed by atoms with Crippen LogP contribution in [0.25, 0.3) is 0 Å². The van der Waals surface area contributed by atoms with Gasteiger partial charge in [-0.05, 0) is 18.1 Å². The molecule has 2 N–H and O–H groups in total. The Hall–Kier alpha value is -3.16. The van der Waals surface area contributed by atoms with Gasteiger partial charge in [-0.3, -0.25) is 4.79 Å². The number of para-hydroxylation sites is 1. The molecule has 0 saturated heterocycles. The lowest BCUT2D eigenvalue weighted by molar-refractivity contribution is 0.0950. The number of nitrogens with one attached hydrogen (secondary N) is 2. The molecule has 1 aliphatic heterocycles. The summed E-state index contributed by atoms with van der Waals surface area (Å²) in [5.41, 5.74) is 2.31. The molecule has 28 heavy (non-hydrogen) atoms. The highest BCUT2D eigenvalue weighted by Gasteiger charge is 2.28. The van der Waals surface area contributed by atoms with Gasteiger partial charge in [-0.15, -0.1) is 0 Å². The quantitative estimate of drug-likeness (QED) is 0.704. The fraction of sp³-hybridized carbons (Fsp3) is 0.400. The summed E-state index contributed by atoms with van der Waals surface area (Å²) >= 11 is 0. The van der Waals surface area contributed by atoms with Crippen molar-refractivity contribution < 1.29 is 14.1 Å². The van der Waals surface area contributed by atoms with E-state index in [-0.39, 0.29) is 17.7 Å². The Kier molecular flexibility index (Phi) is 4.85. The van der Waals surface area contributed by atoms with Crippen LogP contribution in [-0.4, -0.2) is 39.7 Å². The van der Waals surface area contributed by atoms with Crippen molar-refractivity contribution in [1.82, 2.24) is 25.4 Å². The Balaban J connectivity index is 1.60. The summed E-state index contributed by atoms with van der Waals surface area (Å²) in [6, 6.07) is 7.88. The maximum Gasteiger partial charge on any atom is 0.271 e. The normalized spacial score (nSPS) is 16.6. The van der Waals surface area contributed by atoms with Crippen molar-refractivity contribution >= 4 is 5.91 Å². The third-order valence-electron chi connectivity index (χ3n) is 4.88. The van der Waals surface area contributed by atoms with Crippen LogP contribution in [0.3, 0.4) is 0 Å². The zero-order chi connectivity index (χ0) is 19.7. The molecule has 8 heteroatoms. The summed E-state index contributed by atoms with van der Waals surface area (Å²) in [4.78, 5) is 24.7. The number of nitrogens with zero attached hydrogens (tertiary/aromatic N) is 3. The summed E-state index contributed by atoms with van der Waals surface area (Å²) in [7, 11) is 1.66. The van der Waals surface area contributed by atoms with Crippen molar-refractivity contribution in [2.45, 2.75) is 38.5 Å². The van der Waals surface area contributed by atoms with Crippen molar-refractivity contribution in [1.29, 1.82) is 0 Å². The van der Waals surface area contributed by atoms with E-state index in [1.807, 2.05) is 38.1 Å². The Morgan fingerprint density at radius 3 is 2.86 bits per heavy atom. The van der Waals surface area contributed by atoms with Gasteiger partial charge in [0, 0.05) is 24.1 Å². The molecule has 3 heterocycles. The average molecular weight is 381 g/mol. The van der Waals surface area contributed by atoms with Crippen LogP contribution in [0.15, 0.2) is 28.8 Å². The van der Waals surface area contributed by atoms with Crippen LogP contribution in [0, 0.1) is 0 Å². The maximum absolute atomic E-state index is 12.5. The molecule has 0 aliphatic carbocycles. The van der Waals surface area contributed by atoms with Crippen LogP contribution in [0.2, 0.25) is 0 Å².